The van der Waals surface area contributed by atoms with Crippen LogP contribution in [0.4, 0.5) is 0 Å². The summed E-state index contributed by atoms with van der Waals surface area (Å²) in [6.45, 7) is 0.565. The Morgan fingerprint density at radius 3 is 1.96 bits per heavy atom. The number of nitrogens with zero attached hydrogens (tertiary/aromatic N) is 3. The Labute approximate surface area is 287 Å². The van der Waals surface area contributed by atoms with Gasteiger partial charge in [0.05, 0.1) is 10.5 Å². The summed E-state index contributed by atoms with van der Waals surface area (Å²) in [5, 5.41) is 31.8. The number of carbonyl (C=O) groups excluding carboxylic acids is 1. The Bertz CT molecular complexity index is 2020. The van der Waals surface area contributed by atoms with E-state index in [0.29, 0.717) is 31.2 Å². The second-order valence-electron chi connectivity index (χ2n) is 12.2. The summed E-state index contributed by atoms with van der Waals surface area (Å²) in [5.41, 5.74) is 3.07. The van der Waals surface area contributed by atoms with Crippen molar-refractivity contribution in [1.82, 2.24) is 13.5 Å². The Kier molecular flexibility index (Phi) is 11.0. The van der Waals surface area contributed by atoms with Gasteiger partial charge in [0.2, 0.25) is 25.8 Å². The molecule has 3 N–H and O–H groups in total. The third kappa shape index (κ3) is 7.91. The third-order valence-electron chi connectivity index (χ3n) is 8.91. The maximum absolute atomic E-state index is 13.7. The molecule has 0 saturated carbocycles. The molecule has 260 valence electrons. The van der Waals surface area contributed by atoms with Crippen molar-refractivity contribution in [3.8, 4) is 17.2 Å². The van der Waals surface area contributed by atoms with E-state index in [2.05, 4.69) is 0 Å². The minimum absolute atomic E-state index is 0.0181. The van der Waals surface area contributed by atoms with E-state index in [-0.39, 0.29) is 31.1 Å². The highest BCUT2D eigenvalue weighted by molar-refractivity contribution is 7.89. The predicted octanol–water partition coefficient (Wildman–Crippen LogP) is 4.51. The van der Waals surface area contributed by atoms with Gasteiger partial charge in [0.25, 0.3) is 5.91 Å². The maximum Gasteiger partial charge on any atom is 0.258 e. The number of amides is 1. The molecule has 1 amide bonds. The molecule has 1 heterocycles. The molecule has 0 bridgehead atoms. The van der Waals surface area contributed by atoms with Crippen molar-refractivity contribution in [2.24, 2.45) is 0 Å². The second-order valence-corrected chi connectivity index (χ2v) is 16.3. The van der Waals surface area contributed by atoms with Gasteiger partial charge in [-0.25, -0.2) is 25.4 Å². The smallest absolute Gasteiger partial charge is 0.258 e. The number of benzene rings is 4. The lowest BCUT2D eigenvalue weighted by atomic mass is 9.99. The molecule has 0 radical (unpaired) electrons. The summed E-state index contributed by atoms with van der Waals surface area (Å²) in [5.74, 6) is -3.91. The number of hydrogen-bond donors (Lipinski definition) is 3. The zero-order valence-corrected chi connectivity index (χ0v) is 29.1. The van der Waals surface area contributed by atoms with Crippen LogP contribution in [0.15, 0.2) is 94.7 Å². The molecule has 1 aliphatic heterocycles. The third-order valence-corrected chi connectivity index (χ3v) is 12.6. The summed E-state index contributed by atoms with van der Waals surface area (Å²) < 4.78 is 56.2. The number of unbranched alkanes of at least 4 members (excludes halogenated alkanes) is 1. The minimum Gasteiger partial charge on any atom is -0.504 e. The van der Waals surface area contributed by atoms with Gasteiger partial charge in [-0.15, -0.1) is 0 Å². The van der Waals surface area contributed by atoms with E-state index < -0.39 is 53.7 Å². The van der Waals surface area contributed by atoms with Crippen molar-refractivity contribution in [2.75, 3.05) is 33.7 Å². The van der Waals surface area contributed by atoms with E-state index in [4.69, 9.17) is 0 Å². The van der Waals surface area contributed by atoms with Crippen LogP contribution in [-0.4, -0.2) is 85.3 Å². The molecule has 0 aromatic heterocycles. The van der Waals surface area contributed by atoms with E-state index in [9.17, 15) is 36.9 Å². The van der Waals surface area contributed by atoms with E-state index >= 15 is 0 Å². The lowest BCUT2D eigenvalue weighted by Gasteiger charge is -2.30. The number of aryl methyl sites for hydroxylation is 1. The maximum atomic E-state index is 13.7. The van der Waals surface area contributed by atoms with E-state index in [0.717, 1.165) is 33.5 Å². The highest BCUT2D eigenvalue weighted by atomic mass is 32.2. The summed E-state index contributed by atoms with van der Waals surface area (Å²) in [6, 6.07) is 25.0. The summed E-state index contributed by atoms with van der Waals surface area (Å²) in [6.07, 6.45) is 2.91. The molecular weight excluding hydrogens is 667 g/mol. The Morgan fingerprint density at radius 1 is 0.694 bits per heavy atom. The highest BCUT2D eigenvalue weighted by Crippen LogP contribution is 2.43. The van der Waals surface area contributed by atoms with Gasteiger partial charge < -0.3 is 20.2 Å². The van der Waals surface area contributed by atoms with Crippen LogP contribution >= 0.6 is 0 Å². The summed E-state index contributed by atoms with van der Waals surface area (Å²) in [4.78, 5) is 14.4. The molecule has 0 fully saturated rings. The number of carbonyl (C=O) groups is 1. The van der Waals surface area contributed by atoms with Crippen LogP contribution in [0.1, 0.15) is 45.5 Å². The number of phenols is 3. The van der Waals surface area contributed by atoms with Crippen LogP contribution in [0.3, 0.4) is 0 Å². The van der Waals surface area contributed by atoms with Gasteiger partial charge in [0, 0.05) is 40.3 Å². The van der Waals surface area contributed by atoms with Crippen LogP contribution in [0, 0.1) is 0 Å². The molecule has 4 aromatic rings. The van der Waals surface area contributed by atoms with Crippen LogP contribution in [-0.2, 0) is 45.9 Å². The van der Waals surface area contributed by atoms with Crippen LogP contribution < -0.4 is 0 Å². The average Bonchev–Trinajstić information content (AvgIpc) is 3.11. The number of aromatic hydroxyl groups is 3. The fraction of sp³-hybridized carbons (Fsp3) is 0.306. The highest BCUT2D eigenvalue weighted by Gasteiger charge is 2.33. The van der Waals surface area contributed by atoms with Crippen molar-refractivity contribution in [2.45, 2.75) is 48.4 Å². The van der Waals surface area contributed by atoms with Crippen molar-refractivity contribution in [3.05, 3.63) is 113 Å². The lowest BCUT2D eigenvalue weighted by Crippen LogP contribution is -2.36. The number of fused-ring (bicyclic) bond motifs is 1. The first-order valence-corrected chi connectivity index (χ1v) is 18.9. The standard InChI is InChI=1S/C36H41N3O8S2/c1-37(20-10-9-15-26-11-5-3-6-12-26)49(46,47)32-24-31(33(40)35(42)34(32)41)36(43)39-22-19-28-16-17-30(23-29(28)25-39)48(44,45)38(2)21-18-27-13-7-4-8-14-27/h3-8,11-14,16-17,23-24,40-42H,9-10,15,18-22,25H2,1-2H3. The number of sulfonamides is 2. The van der Waals surface area contributed by atoms with Crippen LogP contribution in [0.25, 0.3) is 0 Å². The van der Waals surface area contributed by atoms with Crippen LogP contribution in [0.5, 0.6) is 17.2 Å². The molecule has 0 spiro atoms. The van der Waals surface area contributed by atoms with E-state index in [1.165, 1.54) is 29.4 Å². The normalized spacial score (nSPS) is 13.5. The summed E-state index contributed by atoms with van der Waals surface area (Å²) in [7, 11) is -5.36. The largest absolute Gasteiger partial charge is 0.504 e. The van der Waals surface area contributed by atoms with Crippen molar-refractivity contribution < 1.29 is 36.9 Å². The molecule has 49 heavy (non-hydrogen) atoms. The number of hydrogen-bond acceptors (Lipinski definition) is 8. The van der Waals surface area contributed by atoms with Gasteiger partial charge >= 0.3 is 0 Å². The quantitative estimate of drug-likeness (QED) is 0.136. The fourth-order valence-electron chi connectivity index (χ4n) is 5.85. The lowest BCUT2D eigenvalue weighted by molar-refractivity contribution is 0.0730. The molecule has 5 rings (SSSR count). The second kappa shape index (κ2) is 15.0. The van der Waals surface area contributed by atoms with Gasteiger partial charge in [-0.1, -0.05) is 66.7 Å². The first-order chi connectivity index (χ1) is 23.3. The Hall–Kier alpha value is -4.43. The van der Waals surface area contributed by atoms with E-state index in [1.54, 1.807) is 12.1 Å². The average molecular weight is 708 g/mol. The summed E-state index contributed by atoms with van der Waals surface area (Å²) >= 11 is 0. The van der Waals surface area contributed by atoms with Crippen molar-refractivity contribution in [3.63, 3.8) is 0 Å². The van der Waals surface area contributed by atoms with Gasteiger partial charge in [-0.05, 0) is 72.6 Å². The molecule has 0 atom stereocenters. The Morgan fingerprint density at radius 2 is 1.31 bits per heavy atom. The minimum atomic E-state index is -4.37. The van der Waals surface area contributed by atoms with Gasteiger partial charge in [-0.2, -0.15) is 0 Å². The zero-order chi connectivity index (χ0) is 35.3. The first kappa shape index (κ1) is 35.9. The number of rotatable bonds is 13. The predicted molar refractivity (Wildman–Crippen MR) is 185 cm³/mol. The van der Waals surface area contributed by atoms with Gasteiger partial charge in [-0.3, -0.25) is 4.79 Å². The molecule has 0 saturated heterocycles. The topological polar surface area (TPSA) is 156 Å². The SMILES string of the molecule is CN(CCc1ccccc1)S(=O)(=O)c1ccc2c(c1)CN(C(=O)c1cc(S(=O)(=O)N(C)CCCCc3ccccc3)c(O)c(O)c1O)CC2. The van der Waals surface area contributed by atoms with Crippen molar-refractivity contribution in [1.29, 1.82) is 0 Å². The molecule has 4 aromatic carbocycles. The zero-order valence-electron chi connectivity index (χ0n) is 27.5. The monoisotopic (exact) mass is 707 g/mol. The molecule has 0 aliphatic carbocycles. The molecule has 11 nitrogen and oxygen atoms in total. The molecular formula is C36H41N3O8S2. The molecule has 1 aliphatic rings. The van der Waals surface area contributed by atoms with Gasteiger partial charge in [0.15, 0.2) is 11.5 Å². The number of likely N-dealkylation sites (N-methyl/N-ethyl adjacent to an activating group) is 1. The van der Waals surface area contributed by atoms with Gasteiger partial charge in [0.1, 0.15) is 4.90 Å². The van der Waals surface area contributed by atoms with Crippen LogP contribution in [0.2, 0.25) is 0 Å². The fourth-order valence-corrected chi connectivity index (χ4v) is 8.38. The molecule has 0 unspecified atom stereocenters. The number of phenolic OH excluding ortho intramolecular Hbond substituents is 3. The first-order valence-electron chi connectivity index (χ1n) is 16.0. The van der Waals surface area contributed by atoms with Crippen molar-refractivity contribution >= 4 is 26.0 Å². The van der Waals surface area contributed by atoms with E-state index in [1.807, 2.05) is 60.7 Å². The Balaban J connectivity index is 1.31. The molecule has 13 heteroatoms.